The molecule has 2 saturated heterocycles. The molecule has 0 aliphatic carbocycles. The SMILES string of the molecule is O=C(NC[C@H]1CCS(=O)(=O)C1)OCCN1CCCCC1. The van der Waals surface area contributed by atoms with E-state index in [4.69, 9.17) is 4.74 Å². The first-order valence-corrected chi connectivity index (χ1v) is 9.21. The molecule has 0 aromatic rings. The van der Waals surface area contributed by atoms with Crippen LogP contribution < -0.4 is 5.32 Å². The first kappa shape index (κ1) is 15.6. The zero-order valence-electron chi connectivity index (χ0n) is 11.8. The van der Waals surface area contributed by atoms with Crippen LogP contribution in [0.2, 0.25) is 0 Å². The van der Waals surface area contributed by atoms with Crippen molar-refractivity contribution in [1.29, 1.82) is 0 Å². The maximum absolute atomic E-state index is 11.5. The van der Waals surface area contributed by atoms with Gasteiger partial charge in [-0.05, 0) is 38.3 Å². The van der Waals surface area contributed by atoms with Crippen molar-refractivity contribution in [1.82, 2.24) is 10.2 Å². The lowest BCUT2D eigenvalue weighted by Crippen LogP contribution is -2.35. The molecule has 0 aromatic heterocycles. The molecular weight excluding hydrogens is 280 g/mol. The summed E-state index contributed by atoms with van der Waals surface area (Å²) < 4.78 is 27.7. The van der Waals surface area contributed by atoms with Crippen LogP contribution in [0.5, 0.6) is 0 Å². The third kappa shape index (κ3) is 5.28. The van der Waals surface area contributed by atoms with Gasteiger partial charge in [-0.3, -0.25) is 4.90 Å². The van der Waals surface area contributed by atoms with E-state index in [0.29, 0.717) is 19.6 Å². The second kappa shape index (κ2) is 7.26. The molecule has 1 amide bonds. The Morgan fingerprint density at radius 3 is 2.65 bits per heavy atom. The Labute approximate surface area is 120 Å². The van der Waals surface area contributed by atoms with E-state index < -0.39 is 15.9 Å². The summed E-state index contributed by atoms with van der Waals surface area (Å²) in [6.07, 6.45) is 3.94. The van der Waals surface area contributed by atoms with E-state index in [-0.39, 0.29) is 17.4 Å². The van der Waals surface area contributed by atoms with Crippen LogP contribution in [-0.4, -0.2) is 63.7 Å². The quantitative estimate of drug-likeness (QED) is 0.806. The number of rotatable bonds is 5. The van der Waals surface area contributed by atoms with Crippen molar-refractivity contribution >= 4 is 15.9 Å². The van der Waals surface area contributed by atoms with E-state index in [2.05, 4.69) is 10.2 Å². The lowest BCUT2D eigenvalue weighted by atomic mass is 10.1. The number of hydrogen-bond acceptors (Lipinski definition) is 5. The van der Waals surface area contributed by atoms with E-state index in [1.54, 1.807) is 0 Å². The monoisotopic (exact) mass is 304 g/mol. The maximum atomic E-state index is 11.5. The third-order valence-corrected chi connectivity index (χ3v) is 5.79. The van der Waals surface area contributed by atoms with Gasteiger partial charge in [0.1, 0.15) is 6.61 Å². The number of piperidine rings is 1. The Morgan fingerprint density at radius 2 is 2.00 bits per heavy atom. The Morgan fingerprint density at radius 1 is 1.25 bits per heavy atom. The number of sulfone groups is 1. The molecule has 0 bridgehead atoms. The van der Waals surface area contributed by atoms with Crippen molar-refractivity contribution in [2.45, 2.75) is 25.7 Å². The average molecular weight is 304 g/mol. The van der Waals surface area contributed by atoms with Gasteiger partial charge in [0.2, 0.25) is 0 Å². The molecular formula is C13H24N2O4S. The van der Waals surface area contributed by atoms with Crippen LogP contribution >= 0.6 is 0 Å². The van der Waals surface area contributed by atoms with E-state index in [9.17, 15) is 13.2 Å². The van der Waals surface area contributed by atoms with Crippen LogP contribution in [0.15, 0.2) is 0 Å². The van der Waals surface area contributed by atoms with Crippen molar-refractivity contribution < 1.29 is 17.9 Å². The molecule has 1 N–H and O–H groups in total. The van der Waals surface area contributed by atoms with E-state index in [1.165, 1.54) is 19.3 Å². The number of amides is 1. The summed E-state index contributed by atoms with van der Waals surface area (Å²) in [6, 6.07) is 0. The van der Waals surface area contributed by atoms with E-state index in [1.807, 2.05) is 0 Å². The first-order valence-electron chi connectivity index (χ1n) is 7.38. The molecule has 7 heteroatoms. The lowest BCUT2D eigenvalue weighted by Gasteiger charge is -2.25. The van der Waals surface area contributed by atoms with Gasteiger partial charge >= 0.3 is 6.09 Å². The van der Waals surface area contributed by atoms with Gasteiger partial charge in [-0.25, -0.2) is 13.2 Å². The molecule has 2 fully saturated rings. The summed E-state index contributed by atoms with van der Waals surface area (Å²) in [6.45, 7) is 3.75. The molecule has 2 aliphatic rings. The highest BCUT2D eigenvalue weighted by Gasteiger charge is 2.28. The van der Waals surface area contributed by atoms with Crippen LogP contribution in [0.1, 0.15) is 25.7 Å². The van der Waals surface area contributed by atoms with Gasteiger partial charge in [0, 0.05) is 13.1 Å². The van der Waals surface area contributed by atoms with E-state index in [0.717, 1.165) is 19.6 Å². The summed E-state index contributed by atoms with van der Waals surface area (Å²) in [5, 5.41) is 2.66. The summed E-state index contributed by atoms with van der Waals surface area (Å²) in [4.78, 5) is 13.8. The fourth-order valence-corrected chi connectivity index (χ4v) is 4.62. The highest BCUT2D eigenvalue weighted by Crippen LogP contribution is 2.17. The van der Waals surface area contributed by atoms with Crippen molar-refractivity contribution in [3.63, 3.8) is 0 Å². The predicted molar refractivity (Wildman–Crippen MR) is 76.4 cm³/mol. The number of alkyl carbamates (subject to hydrolysis) is 1. The predicted octanol–water partition coefficient (Wildman–Crippen LogP) is 0.633. The number of likely N-dealkylation sites (tertiary alicyclic amines) is 1. The van der Waals surface area contributed by atoms with Gasteiger partial charge in [-0.2, -0.15) is 0 Å². The normalized spacial score (nSPS) is 26.3. The van der Waals surface area contributed by atoms with Crippen LogP contribution in [0.3, 0.4) is 0 Å². The maximum Gasteiger partial charge on any atom is 0.407 e. The van der Waals surface area contributed by atoms with Crippen LogP contribution in [0, 0.1) is 5.92 Å². The number of carbonyl (C=O) groups excluding carboxylic acids is 1. The summed E-state index contributed by atoms with van der Waals surface area (Å²) >= 11 is 0. The summed E-state index contributed by atoms with van der Waals surface area (Å²) in [5.74, 6) is 0.458. The zero-order chi connectivity index (χ0) is 14.4. The number of nitrogens with zero attached hydrogens (tertiary/aromatic N) is 1. The molecule has 20 heavy (non-hydrogen) atoms. The van der Waals surface area contributed by atoms with Crippen LogP contribution in [-0.2, 0) is 14.6 Å². The molecule has 0 aromatic carbocycles. The van der Waals surface area contributed by atoms with Crippen molar-refractivity contribution in [2.24, 2.45) is 5.92 Å². The Balaban J connectivity index is 1.54. The molecule has 6 nitrogen and oxygen atoms in total. The molecule has 116 valence electrons. The molecule has 0 unspecified atom stereocenters. The minimum Gasteiger partial charge on any atom is -0.448 e. The van der Waals surface area contributed by atoms with Crippen molar-refractivity contribution in [3.05, 3.63) is 0 Å². The number of carbonyl (C=O) groups is 1. The molecule has 0 radical (unpaired) electrons. The van der Waals surface area contributed by atoms with Gasteiger partial charge in [0.25, 0.3) is 0 Å². The topological polar surface area (TPSA) is 75.7 Å². The van der Waals surface area contributed by atoms with Gasteiger partial charge < -0.3 is 10.1 Å². The first-order chi connectivity index (χ1) is 9.55. The zero-order valence-corrected chi connectivity index (χ0v) is 12.7. The number of hydrogen-bond donors (Lipinski definition) is 1. The lowest BCUT2D eigenvalue weighted by molar-refractivity contribution is 0.120. The van der Waals surface area contributed by atoms with E-state index >= 15 is 0 Å². The van der Waals surface area contributed by atoms with Crippen molar-refractivity contribution in [2.75, 3.05) is 44.3 Å². The number of nitrogens with one attached hydrogen (secondary N) is 1. The third-order valence-electron chi connectivity index (χ3n) is 3.95. The second-order valence-corrected chi connectivity index (χ2v) is 7.92. The molecule has 2 aliphatic heterocycles. The molecule has 2 rings (SSSR count). The highest BCUT2D eigenvalue weighted by molar-refractivity contribution is 7.91. The number of ether oxygens (including phenoxy) is 1. The standard InChI is InChI=1S/C13H24N2O4S/c16-13(14-10-12-4-9-20(17,18)11-12)19-8-7-15-5-2-1-3-6-15/h12H,1-11H2,(H,14,16)/t12-/m1/s1. The fourth-order valence-electron chi connectivity index (χ4n) is 2.76. The molecule has 1 atom stereocenters. The summed E-state index contributed by atoms with van der Waals surface area (Å²) in [5.41, 5.74) is 0. The average Bonchev–Trinajstić information content (AvgIpc) is 2.77. The van der Waals surface area contributed by atoms with Gasteiger partial charge in [-0.1, -0.05) is 6.42 Å². The largest absolute Gasteiger partial charge is 0.448 e. The molecule has 0 spiro atoms. The Bertz CT molecular complexity index is 418. The second-order valence-electron chi connectivity index (χ2n) is 5.69. The highest BCUT2D eigenvalue weighted by atomic mass is 32.2. The van der Waals surface area contributed by atoms with Crippen LogP contribution in [0.4, 0.5) is 4.79 Å². The smallest absolute Gasteiger partial charge is 0.407 e. The molecule has 0 saturated carbocycles. The summed E-state index contributed by atoms with van der Waals surface area (Å²) in [7, 11) is -2.87. The van der Waals surface area contributed by atoms with Gasteiger partial charge in [-0.15, -0.1) is 0 Å². The van der Waals surface area contributed by atoms with Crippen molar-refractivity contribution in [3.8, 4) is 0 Å². The fraction of sp³-hybridized carbons (Fsp3) is 0.923. The van der Waals surface area contributed by atoms with Crippen LogP contribution in [0.25, 0.3) is 0 Å². The minimum atomic E-state index is -2.87. The Kier molecular flexibility index (Phi) is 5.65. The molecule has 2 heterocycles. The van der Waals surface area contributed by atoms with Gasteiger partial charge in [0.15, 0.2) is 9.84 Å². The van der Waals surface area contributed by atoms with Gasteiger partial charge in [0.05, 0.1) is 11.5 Å². The minimum absolute atomic E-state index is 0.0367. The Hall–Kier alpha value is -0.820.